The topological polar surface area (TPSA) is 48.0 Å². The fourth-order valence-corrected chi connectivity index (χ4v) is 1.34. The minimum Gasteiger partial charge on any atom is -0.290 e. The molecule has 0 radical (unpaired) electrons. The first-order valence-electron chi connectivity index (χ1n) is 4.22. The van der Waals surface area contributed by atoms with Gasteiger partial charge in [0.1, 0.15) is 12.1 Å². The Balaban J connectivity index is 2.23. The van der Waals surface area contributed by atoms with Crippen LogP contribution in [-0.2, 0) is 0 Å². The van der Waals surface area contributed by atoms with Gasteiger partial charge in [0.2, 0.25) is 0 Å². The fraction of sp³-hybridized carbons (Fsp3) is 0. The Kier molecular flexibility index (Phi) is 1.38. The third-order valence-electron chi connectivity index (χ3n) is 2.01. The average Bonchev–Trinajstić information content (AvgIpc) is 2.88. The van der Waals surface area contributed by atoms with Crippen molar-refractivity contribution in [2.45, 2.75) is 0 Å². The Morgan fingerprint density at radius 3 is 2.93 bits per heavy atom. The molecule has 0 aromatic carbocycles. The summed E-state index contributed by atoms with van der Waals surface area (Å²) in [6.07, 6.45) is 8.89. The molecule has 14 heavy (non-hydrogen) atoms. The van der Waals surface area contributed by atoms with Gasteiger partial charge in [0.15, 0.2) is 5.65 Å². The Morgan fingerprint density at radius 2 is 2.07 bits per heavy atom. The molecule has 0 bridgehead atoms. The molecule has 0 aliphatic rings. The van der Waals surface area contributed by atoms with E-state index in [0.717, 1.165) is 11.5 Å². The molecule has 0 atom stereocenters. The van der Waals surface area contributed by atoms with E-state index in [1.165, 1.54) is 0 Å². The van der Waals surface area contributed by atoms with Gasteiger partial charge >= 0.3 is 0 Å². The highest BCUT2D eigenvalue weighted by Gasteiger charge is 1.99. The number of aromatic nitrogens is 5. The van der Waals surface area contributed by atoms with Crippen molar-refractivity contribution in [3.63, 3.8) is 0 Å². The third-order valence-corrected chi connectivity index (χ3v) is 2.01. The van der Waals surface area contributed by atoms with Crippen molar-refractivity contribution in [1.82, 2.24) is 24.1 Å². The predicted molar refractivity (Wildman–Crippen MR) is 50.1 cm³/mol. The van der Waals surface area contributed by atoms with Crippen LogP contribution >= 0.6 is 0 Å². The summed E-state index contributed by atoms with van der Waals surface area (Å²) in [5.74, 6) is 0.843. The van der Waals surface area contributed by atoms with Crippen LogP contribution in [0.1, 0.15) is 0 Å². The summed E-state index contributed by atoms with van der Waals surface area (Å²) in [5.41, 5.74) is 0.830. The molecule has 3 aromatic rings. The van der Waals surface area contributed by atoms with Gasteiger partial charge in [-0.1, -0.05) is 0 Å². The smallest absolute Gasteiger partial charge is 0.157 e. The van der Waals surface area contributed by atoms with E-state index in [9.17, 15) is 0 Å². The standard InChI is InChI=1S/C9H7N5/c1-3-11-14-5-2-8(12-9(1)14)13-6-4-10-7-13/h1-7H. The summed E-state index contributed by atoms with van der Waals surface area (Å²) in [6.45, 7) is 0. The second-order valence-corrected chi connectivity index (χ2v) is 2.89. The number of hydrogen-bond donors (Lipinski definition) is 0. The lowest BCUT2D eigenvalue weighted by molar-refractivity contribution is 0.909. The molecule has 5 heteroatoms. The molecule has 3 aromatic heterocycles. The molecule has 0 N–H and O–H groups in total. The highest BCUT2D eigenvalue weighted by atomic mass is 15.2. The lowest BCUT2D eigenvalue weighted by Crippen LogP contribution is -1.97. The van der Waals surface area contributed by atoms with Crippen LogP contribution in [0, 0.1) is 0 Å². The zero-order valence-electron chi connectivity index (χ0n) is 7.28. The largest absolute Gasteiger partial charge is 0.290 e. The minimum atomic E-state index is 0.830. The van der Waals surface area contributed by atoms with Gasteiger partial charge < -0.3 is 0 Å². The summed E-state index contributed by atoms with van der Waals surface area (Å²) in [5, 5.41) is 4.07. The Bertz CT molecular complexity index is 551. The molecule has 0 saturated carbocycles. The molecule has 0 unspecified atom stereocenters. The predicted octanol–water partition coefficient (Wildman–Crippen LogP) is 0.915. The van der Waals surface area contributed by atoms with E-state index in [2.05, 4.69) is 15.1 Å². The molecule has 68 valence electrons. The maximum atomic E-state index is 4.40. The van der Waals surface area contributed by atoms with Gasteiger partial charge in [-0.25, -0.2) is 14.5 Å². The van der Waals surface area contributed by atoms with Gasteiger partial charge in [0.25, 0.3) is 0 Å². The Hall–Kier alpha value is -2.17. The van der Waals surface area contributed by atoms with Crippen molar-refractivity contribution in [3.05, 3.63) is 43.2 Å². The molecule has 3 rings (SSSR count). The van der Waals surface area contributed by atoms with Crippen LogP contribution in [0.5, 0.6) is 0 Å². The van der Waals surface area contributed by atoms with Gasteiger partial charge in [0.05, 0.1) is 6.20 Å². The highest BCUT2D eigenvalue weighted by molar-refractivity contribution is 5.40. The van der Waals surface area contributed by atoms with Gasteiger partial charge in [0, 0.05) is 24.7 Å². The second-order valence-electron chi connectivity index (χ2n) is 2.89. The maximum absolute atomic E-state index is 4.40. The van der Waals surface area contributed by atoms with Crippen molar-refractivity contribution in [3.8, 4) is 5.82 Å². The van der Waals surface area contributed by atoms with E-state index in [1.807, 2.05) is 29.1 Å². The lowest BCUT2D eigenvalue weighted by atomic mass is 10.5. The normalized spacial score (nSPS) is 10.9. The summed E-state index contributed by atoms with van der Waals surface area (Å²) >= 11 is 0. The van der Waals surface area contributed by atoms with Crippen LogP contribution in [-0.4, -0.2) is 24.1 Å². The summed E-state index contributed by atoms with van der Waals surface area (Å²) < 4.78 is 3.58. The first-order chi connectivity index (χ1) is 6.93. The third kappa shape index (κ3) is 0.990. The molecule has 0 amide bonds. The monoisotopic (exact) mass is 185 g/mol. The molecule has 0 aliphatic heterocycles. The van der Waals surface area contributed by atoms with E-state index in [1.54, 1.807) is 23.2 Å². The van der Waals surface area contributed by atoms with Crippen molar-refractivity contribution in [2.24, 2.45) is 0 Å². The molecular weight excluding hydrogens is 178 g/mol. The molecular formula is C9H7N5. The summed E-state index contributed by atoms with van der Waals surface area (Å²) in [4.78, 5) is 8.37. The van der Waals surface area contributed by atoms with Gasteiger partial charge in [-0.3, -0.25) is 4.57 Å². The number of imidazole rings is 1. The average molecular weight is 185 g/mol. The number of nitrogens with zero attached hydrogens (tertiary/aromatic N) is 5. The van der Waals surface area contributed by atoms with Crippen LogP contribution in [0.2, 0.25) is 0 Å². The molecule has 0 aliphatic carbocycles. The van der Waals surface area contributed by atoms with Crippen LogP contribution in [0.15, 0.2) is 43.2 Å². The first kappa shape index (κ1) is 7.25. The molecule has 3 heterocycles. The second kappa shape index (κ2) is 2.66. The number of fused-ring (bicyclic) bond motifs is 1. The number of hydrogen-bond acceptors (Lipinski definition) is 3. The SMILES string of the molecule is c1cn(-c2ccn3nccc3n2)cn1. The van der Waals surface area contributed by atoms with E-state index < -0.39 is 0 Å². The van der Waals surface area contributed by atoms with Gasteiger partial charge in [-0.15, -0.1) is 0 Å². The van der Waals surface area contributed by atoms with Crippen molar-refractivity contribution in [1.29, 1.82) is 0 Å². The fourth-order valence-electron chi connectivity index (χ4n) is 1.34. The van der Waals surface area contributed by atoms with Gasteiger partial charge in [-0.05, 0) is 6.07 Å². The Morgan fingerprint density at radius 1 is 1.07 bits per heavy atom. The van der Waals surface area contributed by atoms with E-state index >= 15 is 0 Å². The van der Waals surface area contributed by atoms with Gasteiger partial charge in [-0.2, -0.15) is 5.10 Å². The molecule has 0 fully saturated rings. The van der Waals surface area contributed by atoms with E-state index in [0.29, 0.717) is 0 Å². The summed E-state index contributed by atoms with van der Waals surface area (Å²) in [6, 6.07) is 3.75. The zero-order chi connectivity index (χ0) is 9.38. The summed E-state index contributed by atoms with van der Waals surface area (Å²) in [7, 11) is 0. The first-order valence-corrected chi connectivity index (χ1v) is 4.22. The number of rotatable bonds is 1. The quantitative estimate of drug-likeness (QED) is 0.566. The van der Waals surface area contributed by atoms with Crippen LogP contribution in [0.25, 0.3) is 11.5 Å². The lowest BCUT2D eigenvalue weighted by Gasteiger charge is -2.00. The molecule has 5 nitrogen and oxygen atoms in total. The van der Waals surface area contributed by atoms with Crippen LogP contribution in [0.4, 0.5) is 0 Å². The van der Waals surface area contributed by atoms with Crippen LogP contribution < -0.4 is 0 Å². The van der Waals surface area contributed by atoms with Crippen molar-refractivity contribution in [2.75, 3.05) is 0 Å². The molecule has 0 spiro atoms. The molecule has 0 saturated heterocycles. The van der Waals surface area contributed by atoms with Crippen LogP contribution in [0.3, 0.4) is 0 Å². The van der Waals surface area contributed by atoms with Crippen molar-refractivity contribution < 1.29 is 0 Å². The van der Waals surface area contributed by atoms with E-state index in [4.69, 9.17) is 0 Å². The Labute approximate surface area is 79.7 Å². The van der Waals surface area contributed by atoms with Crippen molar-refractivity contribution >= 4 is 5.65 Å². The zero-order valence-corrected chi connectivity index (χ0v) is 7.28. The van der Waals surface area contributed by atoms with E-state index in [-0.39, 0.29) is 0 Å². The highest BCUT2D eigenvalue weighted by Crippen LogP contribution is 2.05. The minimum absolute atomic E-state index is 0.830. The maximum Gasteiger partial charge on any atom is 0.157 e.